The number of aromatic nitrogens is 3. The van der Waals surface area contributed by atoms with Gasteiger partial charge in [-0.15, -0.1) is 0 Å². The first-order valence-corrected chi connectivity index (χ1v) is 6.96. The summed E-state index contributed by atoms with van der Waals surface area (Å²) in [7, 11) is 0. The summed E-state index contributed by atoms with van der Waals surface area (Å²) in [6.45, 7) is 6.21. The van der Waals surface area contributed by atoms with Crippen molar-refractivity contribution in [2.75, 3.05) is 6.54 Å². The number of hydrogen-bond acceptors (Lipinski definition) is 3. The van der Waals surface area contributed by atoms with E-state index >= 15 is 0 Å². The Morgan fingerprint density at radius 1 is 1.16 bits per heavy atom. The fourth-order valence-corrected chi connectivity index (χ4v) is 2.31. The standard InChI is InChI=1S/C15H22N4/c1-3-16-14(11-13-7-5-6-8-17-13)12-15-18-9-10-19(15)4-2/h5-10,14,16H,3-4,11-12H2,1-2H3. The molecule has 2 heterocycles. The van der Waals surface area contributed by atoms with Gasteiger partial charge in [-0.3, -0.25) is 4.98 Å². The van der Waals surface area contributed by atoms with Crippen molar-refractivity contribution in [3.8, 4) is 0 Å². The smallest absolute Gasteiger partial charge is 0.110 e. The van der Waals surface area contributed by atoms with Crippen LogP contribution in [0.1, 0.15) is 25.4 Å². The topological polar surface area (TPSA) is 42.7 Å². The molecule has 0 radical (unpaired) electrons. The molecule has 1 unspecified atom stereocenters. The molecule has 0 saturated heterocycles. The maximum absolute atomic E-state index is 4.45. The Kier molecular flexibility index (Phi) is 5.10. The molecule has 0 aromatic carbocycles. The van der Waals surface area contributed by atoms with E-state index in [0.717, 1.165) is 37.4 Å². The van der Waals surface area contributed by atoms with Crippen molar-refractivity contribution in [2.45, 2.75) is 39.3 Å². The van der Waals surface area contributed by atoms with E-state index in [-0.39, 0.29) is 0 Å². The number of nitrogens with zero attached hydrogens (tertiary/aromatic N) is 3. The zero-order valence-electron chi connectivity index (χ0n) is 11.7. The average Bonchev–Trinajstić information content (AvgIpc) is 2.87. The van der Waals surface area contributed by atoms with Crippen LogP contribution in [0, 0.1) is 0 Å². The van der Waals surface area contributed by atoms with Crippen LogP contribution in [0.25, 0.3) is 0 Å². The molecule has 0 aliphatic rings. The number of rotatable bonds is 7. The Balaban J connectivity index is 2.04. The Bertz CT molecular complexity index is 478. The molecule has 1 N–H and O–H groups in total. The maximum atomic E-state index is 4.45. The van der Waals surface area contributed by atoms with Gasteiger partial charge in [0.15, 0.2) is 0 Å². The van der Waals surface area contributed by atoms with Gasteiger partial charge in [-0.05, 0) is 25.6 Å². The van der Waals surface area contributed by atoms with Crippen LogP contribution in [0.2, 0.25) is 0 Å². The SMILES string of the molecule is CCNC(Cc1ccccn1)Cc1nccn1CC. The van der Waals surface area contributed by atoms with E-state index in [1.807, 2.05) is 30.7 Å². The third-order valence-electron chi connectivity index (χ3n) is 3.25. The van der Waals surface area contributed by atoms with Gasteiger partial charge in [0.05, 0.1) is 0 Å². The Morgan fingerprint density at radius 2 is 2.05 bits per heavy atom. The summed E-state index contributed by atoms with van der Waals surface area (Å²) in [5.74, 6) is 1.14. The predicted octanol–water partition coefficient (Wildman–Crippen LogP) is 2.06. The maximum Gasteiger partial charge on any atom is 0.110 e. The number of hydrogen-bond donors (Lipinski definition) is 1. The van der Waals surface area contributed by atoms with Crippen molar-refractivity contribution in [2.24, 2.45) is 0 Å². The quantitative estimate of drug-likeness (QED) is 0.826. The van der Waals surface area contributed by atoms with Crippen LogP contribution < -0.4 is 5.32 Å². The van der Waals surface area contributed by atoms with E-state index in [9.17, 15) is 0 Å². The summed E-state index contributed by atoms with van der Waals surface area (Å²) >= 11 is 0. The van der Waals surface area contributed by atoms with Crippen molar-refractivity contribution < 1.29 is 0 Å². The normalized spacial score (nSPS) is 12.5. The molecule has 0 fully saturated rings. The van der Waals surface area contributed by atoms with Crippen LogP contribution >= 0.6 is 0 Å². The molecule has 0 aliphatic heterocycles. The highest BCUT2D eigenvalue weighted by molar-refractivity contribution is 5.07. The van der Waals surface area contributed by atoms with Crippen molar-refractivity contribution in [1.82, 2.24) is 19.9 Å². The van der Waals surface area contributed by atoms with Crippen molar-refractivity contribution in [1.29, 1.82) is 0 Å². The molecule has 0 saturated carbocycles. The molecule has 2 aromatic heterocycles. The van der Waals surface area contributed by atoms with Gasteiger partial charge in [0, 0.05) is 49.7 Å². The average molecular weight is 258 g/mol. The molecule has 0 spiro atoms. The fourth-order valence-electron chi connectivity index (χ4n) is 2.31. The zero-order chi connectivity index (χ0) is 13.5. The van der Waals surface area contributed by atoms with Gasteiger partial charge >= 0.3 is 0 Å². The number of nitrogens with one attached hydrogen (secondary N) is 1. The van der Waals surface area contributed by atoms with E-state index in [1.54, 1.807) is 0 Å². The van der Waals surface area contributed by atoms with Crippen LogP contribution in [0.4, 0.5) is 0 Å². The highest BCUT2D eigenvalue weighted by Gasteiger charge is 2.13. The first-order chi connectivity index (χ1) is 9.33. The molecular weight excluding hydrogens is 236 g/mol. The summed E-state index contributed by atoms with van der Waals surface area (Å²) in [4.78, 5) is 8.86. The van der Waals surface area contributed by atoms with Crippen molar-refractivity contribution >= 4 is 0 Å². The van der Waals surface area contributed by atoms with Crippen LogP contribution in [0.3, 0.4) is 0 Å². The minimum absolute atomic E-state index is 0.382. The van der Waals surface area contributed by atoms with Gasteiger partial charge < -0.3 is 9.88 Å². The summed E-state index contributed by atoms with van der Waals surface area (Å²) in [5, 5.41) is 3.53. The van der Waals surface area contributed by atoms with Gasteiger partial charge in [0.2, 0.25) is 0 Å². The molecule has 19 heavy (non-hydrogen) atoms. The lowest BCUT2D eigenvalue weighted by Gasteiger charge is -2.17. The molecule has 4 nitrogen and oxygen atoms in total. The molecular formula is C15H22N4. The molecule has 0 aliphatic carbocycles. The largest absolute Gasteiger partial charge is 0.335 e. The van der Waals surface area contributed by atoms with Crippen LogP contribution in [0.5, 0.6) is 0 Å². The van der Waals surface area contributed by atoms with Crippen molar-refractivity contribution in [3.05, 3.63) is 48.3 Å². The monoisotopic (exact) mass is 258 g/mol. The second-order valence-electron chi connectivity index (χ2n) is 4.61. The number of aryl methyl sites for hydroxylation is 1. The minimum atomic E-state index is 0.382. The van der Waals surface area contributed by atoms with E-state index < -0.39 is 0 Å². The molecule has 2 rings (SSSR count). The summed E-state index contributed by atoms with van der Waals surface area (Å²) in [5.41, 5.74) is 1.13. The number of likely N-dealkylation sites (N-methyl/N-ethyl adjacent to an activating group) is 1. The second kappa shape index (κ2) is 7.04. The highest BCUT2D eigenvalue weighted by Crippen LogP contribution is 2.07. The highest BCUT2D eigenvalue weighted by atomic mass is 15.1. The van der Waals surface area contributed by atoms with Crippen LogP contribution in [-0.4, -0.2) is 27.1 Å². The Morgan fingerprint density at radius 3 is 2.74 bits per heavy atom. The summed E-state index contributed by atoms with van der Waals surface area (Å²) in [6.07, 6.45) is 7.64. The van der Waals surface area contributed by atoms with Gasteiger partial charge in [0.1, 0.15) is 5.82 Å². The van der Waals surface area contributed by atoms with E-state index in [1.165, 1.54) is 0 Å². The second-order valence-corrected chi connectivity index (χ2v) is 4.61. The van der Waals surface area contributed by atoms with Crippen LogP contribution in [0.15, 0.2) is 36.8 Å². The fraction of sp³-hybridized carbons (Fsp3) is 0.467. The Labute approximate surface area is 114 Å². The minimum Gasteiger partial charge on any atom is -0.335 e. The van der Waals surface area contributed by atoms with Gasteiger partial charge in [-0.1, -0.05) is 13.0 Å². The lowest BCUT2D eigenvalue weighted by atomic mass is 10.1. The van der Waals surface area contributed by atoms with Crippen LogP contribution in [-0.2, 0) is 19.4 Å². The van der Waals surface area contributed by atoms with Crippen molar-refractivity contribution in [3.63, 3.8) is 0 Å². The lowest BCUT2D eigenvalue weighted by Crippen LogP contribution is -2.34. The van der Waals surface area contributed by atoms with Gasteiger partial charge in [0.25, 0.3) is 0 Å². The first kappa shape index (κ1) is 13.7. The third-order valence-corrected chi connectivity index (χ3v) is 3.25. The molecule has 4 heteroatoms. The van der Waals surface area contributed by atoms with Gasteiger partial charge in [-0.2, -0.15) is 0 Å². The predicted molar refractivity (Wildman–Crippen MR) is 77.0 cm³/mol. The Hall–Kier alpha value is -1.68. The summed E-state index contributed by atoms with van der Waals surface area (Å²) in [6, 6.07) is 6.46. The van der Waals surface area contributed by atoms with E-state index in [2.05, 4.69) is 39.8 Å². The number of pyridine rings is 1. The third kappa shape index (κ3) is 3.89. The molecule has 2 aromatic rings. The van der Waals surface area contributed by atoms with Gasteiger partial charge in [-0.25, -0.2) is 4.98 Å². The zero-order valence-corrected chi connectivity index (χ0v) is 11.7. The van der Waals surface area contributed by atoms with E-state index in [4.69, 9.17) is 0 Å². The molecule has 1 atom stereocenters. The number of imidazole rings is 1. The molecule has 0 amide bonds. The first-order valence-electron chi connectivity index (χ1n) is 6.96. The molecule has 0 bridgehead atoms. The summed E-state index contributed by atoms with van der Waals surface area (Å²) < 4.78 is 2.20. The lowest BCUT2D eigenvalue weighted by molar-refractivity contribution is 0.495. The van der Waals surface area contributed by atoms with E-state index in [0.29, 0.717) is 6.04 Å². The molecule has 102 valence electrons.